The molecule has 0 aliphatic carbocycles. The Kier molecular flexibility index (Phi) is 3.29. The first kappa shape index (κ1) is 12.5. The van der Waals surface area contributed by atoms with Crippen LogP contribution in [0.3, 0.4) is 0 Å². The fraction of sp³-hybridized carbons (Fsp3) is 0.188. The number of benzene rings is 1. The number of aryl methyl sites for hydroxylation is 1. The number of nitrogens with zero attached hydrogens (tertiary/aromatic N) is 3. The Labute approximate surface area is 117 Å². The van der Waals surface area contributed by atoms with Crippen molar-refractivity contribution in [3.63, 3.8) is 0 Å². The Morgan fingerprint density at radius 2 is 2.10 bits per heavy atom. The molecule has 0 radical (unpaired) electrons. The highest BCUT2D eigenvalue weighted by molar-refractivity contribution is 6.15. The van der Waals surface area contributed by atoms with Gasteiger partial charge in [-0.25, -0.2) is 0 Å². The molecule has 0 atom stereocenters. The van der Waals surface area contributed by atoms with E-state index >= 15 is 0 Å². The van der Waals surface area contributed by atoms with Crippen LogP contribution in [0, 0.1) is 0 Å². The van der Waals surface area contributed by atoms with E-state index in [2.05, 4.69) is 17.0 Å². The number of para-hydroxylation sites is 1. The summed E-state index contributed by atoms with van der Waals surface area (Å²) in [4.78, 5) is 16.9. The molecule has 0 unspecified atom stereocenters. The fourth-order valence-electron chi connectivity index (χ4n) is 2.28. The second-order valence-electron chi connectivity index (χ2n) is 4.70. The van der Waals surface area contributed by atoms with Crippen LogP contribution in [-0.4, -0.2) is 20.5 Å². The van der Waals surface area contributed by atoms with Gasteiger partial charge in [0.1, 0.15) is 0 Å². The standard InChI is InChI=1S/C16H15N3O/c1-2-9-19-11-13(10-18-19)16(20)14-7-3-5-12-6-4-8-17-15(12)14/h3-8,10-11H,2,9H2,1H3. The van der Waals surface area contributed by atoms with E-state index in [1.165, 1.54) is 0 Å². The Bertz CT molecular complexity index is 756. The summed E-state index contributed by atoms with van der Waals surface area (Å²) in [5, 5.41) is 5.18. The van der Waals surface area contributed by atoms with Gasteiger partial charge in [0.2, 0.25) is 0 Å². The van der Waals surface area contributed by atoms with E-state index in [4.69, 9.17) is 0 Å². The first-order valence-corrected chi connectivity index (χ1v) is 6.70. The second kappa shape index (κ2) is 5.25. The van der Waals surface area contributed by atoms with Gasteiger partial charge in [-0.05, 0) is 18.6 Å². The smallest absolute Gasteiger partial charge is 0.198 e. The monoisotopic (exact) mass is 265 g/mol. The quantitative estimate of drug-likeness (QED) is 0.681. The maximum absolute atomic E-state index is 12.6. The molecule has 20 heavy (non-hydrogen) atoms. The van der Waals surface area contributed by atoms with Crippen LogP contribution in [-0.2, 0) is 6.54 Å². The fourth-order valence-corrected chi connectivity index (χ4v) is 2.28. The summed E-state index contributed by atoms with van der Waals surface area (Å²) in [6.45, 7) is 2.90. The summed E-state index contributed by atoms with van der Waals surface area (Å²) >= 11 is 0. The molecule has 1 aromatic carbocycles. The highest BCUT2D eigenvalue weighted by Gasteiger charge is 2.14. The maximum Gasteiger partial charge on any atom is 0.198 e. The van der Waals surface area contributed by atoms with E-state index in [0.717, 1.165) is 23.9 Å². The average molecular weight is 265 g/mol. The van der Waals surface area contributed by atoms with Gasteiger partial charge in [-0.3, -0.25) is 14.5 Å². The lowest BCUT2D eigenvalue weighted by Gasteiger charge is -2.03. The van der Waals surface area contributed by atoms with Crippen LogP contribution in [0.25, 0.3) is 10.9 Å². The molecule has 2 heterocycles. The minimum absolute atomic E-state index is 0.0309. The van der Waals surface area contributed by atoms with Crippen LogP contribution in [0.1, 0.15) is 29.3 Å². The summed E-state index contributed by atoms with van der Waals surface area (Å²) in [6, 6.07) is 9.48. The van der Waals surface area contributed by atoms with Gasteiger partial charge in [0.15, 0.2) is 5.78 Å². The van der Waals surface area contributed by atoms with Crippen molar-refractivity contribution in [2.45, 2.75) is 19.9 Å². The molecule has 3 rings (SSSR count). The first-order valence-electron chi connectivity index (χ1n) is 6.70. The van der Waals surface area contributed by atoms with Gasteiger partial charge in [-0.2, -0.15) is 5.10 Å². The zero-order chi connectivity index (χ0) is 13.9. The lowest BCUT2D eigenvalue weighted by molar-refractivity contribution is 0.104. The average Bonchev–Trinajstić information content (AvgIpc) is 2.95. The van der Waals surface area contributed by atoms with Gasteiger partial charge in [0.25, 0.3) is 0 Å². The molecule has 4 nitrogen and oxygen atoms in total. The van der Waals surface area contributed by atoms with Crippen LogP contribution in [0.4, 0.5) is 0 Å². The van der Waals surface area contributed by atoms with Crippen molar-refractivity contribution in [1.82, 2.24) is 14.8 Å². The summed E-state index contributed by atoms with van der Waals surface area (Å²) in [5.74, 6) is -0.0309. The number of aromatic nitrogens is 3. The maximum atomic E-state index is 12.6. The zero-order valence-corrected chi connectivity index (χ0v) is 11.3. The molecule has 100 valence electrons. The second-order valence-corrected chi connectivity index (χ2v) is 4.70. The van der Waals surface area contributed by atoms with Crippen LogP contribution < -0.4 is 0 Å². The number of hydrogen-bond donors (Lipinski definition) is 0. The van der Waals surface area contributed by atoms with Crippen molar-refractivity contribution < 1.29 is 4.79 Å². The van der Waals surface area contributed by atoms with E-state index in [1.807, 2.05) is 30.3 Å². The van der Waals surface area contributed by atoms with E-state index in [9.17, 15) is 4.79 Å². The third-order valence-corrected chi connectivity index (χ3v) is 3.23. The van der Waals surface area contributed by atoms with E-state index in [-0.39, 0.29) is 5.78 Å². The van der Waals surface area contributed by atoms with E-state index < -0.39 is 0 Å². The molecule has 0 saturated carbocycles. The molecule has 0 aliphatic rings. The predicted octanol–water partition coefficient (Wildman–Crippen LogP) is 3.07. The van der Waals surface area contributed by atoms with Crippen molar-refractivity contribution in [2.75, 3.05) is 0 Å². The largest absolute Gasteiger partial charge is 0.288 e. The number of hydrogen-bond acceptors (Lipinski definition) is 3. The molecule has 3 aromatic rings. The van der Waals surface area contributed by atoms with E-state index in [0.29, 0.717) is 11.1 Å². The molecule has 0 saturated heterocycles. The van der Waals surface area contributed by atoms with Gasteiger partial charge >= 0.3 is 0 Å². The van der Waals surface area contributed by atoms with Gasteiger partial charge in [-0.1, -0.05) is 25.1 Å². The van der Waals surface area contributed by atoms with Crippen LogP contribution in [0.5, 0.6) is 0 Å². The van der Waals surface area contributed by atoms with Crippen LogP contribution >= 0.6 is 0 Å². The number of fused-ring (bicyclic) bond motifs is 1. The molecule has 0 N–H and O–H groups in total. The molecule has 0 aliphatic heterocycles. The summed E-state index contributed by atoms with van der Waals surface area (Å²) < 4.78 is 1.80. The highest BCUT2D eigenvalue weighted by Crippen LogP contribution is 2.19. The topological polar surface area (TPSA) is 47.8 Å². The Morgan fingerprint density at radius 1 is 1.25 bits per heavy atom. The Balaban J connectivity index is 2.03. The molecule has 4 heteroatoms. The molecular formula is C16H15N3O. The van der Waals surface area contributed by atoms with Crippen molar-refractivity contribution in [2.24, 2.45) is 0 Å². The first-order chi connectivity index (χ1) is 9.79. The third-order valence-electron chi connectivity index (χ3n) is 3.23. The predicted molar refractivity (Wildman–Crippen MR) is 77.7 cm³/mol. The SMILES string of the molecule is CCCn1cc(C(=O)c2cccc3cccnc23)cn1. The van der Waals surface area contributed by atoms with Crippen LogP contribution in [0.2, 0.25) is 0 Å². The van der Waals surface area contributed by atoms with Crippen molar-refractivity contribution in [1.29, 1.82) is 0 Å². The summed E-state index contributed by atoms with van der Waals surface area (Å²) in [5.41, 5.74) is 1.97. The van der Waals surface area contributed by atoms with Crippen molar-refractivity contribution in [3.8, 4) is 0 Å². The van der Waals surface area contributed by atoms with Gasteiger partial charge in [0.05, 0.1) is 17.3 Å². The lowest BCUT2D eigenvalue weighted by Crippen LogP contribution is -2.02. The minimum Gasteiger partial charge on any atom is -0.288 e. The van der Waals surface area contributed by atoms with Crippen LogP contribution in [0.15, 0.2) is 48.9 Å². The Morgan fingerprint density at radius 3 is 2.95 bits per heavy atom. The molecule has 0 bridgehead atoms. The number of carbonyl (C=O) groups is 1. The number of ketones is 1. The van der Waals surface area contributed by atoms with Crippen molar-refractivity contribution >= 4 is 16.7 Å². The number of pyridine rings is 1. The number of carbonyl (C=O) groups excluding carboxylic acids is 1. The van der Waals surface area contributed by atoms with Gasteiger partial charge in [-0.15, -0.1) is 0 Å². The lowest BCUT2D eigenvalue weighted by atomic mass is 10.0. The summed E-state index contributed by atoms with van der Waals surface area (Å²) in [7, 11) is 0. The summed E-state index contributed by atoms with van der Waals surface area (Å²) in [6.07, 6.45) is 6.12. The highest BCUT2D eigenvalue weighted by atomic mass is 16.1. The normalized spacial score (nSPS) is 10.8. The zero-order valence-electron chi connectivity index (χ0n) is 11.3. The molecule has 0 spiro atoms. The molecular weight excluding hydrogens is 250 g/mol. The van der Waals surface area contributed by atoms with E-state index in [1.54, 1.807) is 23.3 Å². The van der Waals surface area contributed by atoms with Crippen molar-refractivity contribution in [3.05, 3.63) is 60.0 Å². The molecule has 0 amide bonds. The van der Waals surface area contributed by atoms with Gasteiger partial charge in [0, 0.05) is 29.9 Å². The molecule has 0 fully saturated rings. The molecule has 2 aromatic heterocycles. The minimum atomic E-state index is -0.0309. The number of rotatable bonds is 4. The van der Waals surface area contributed by atoms with Gasteiger partial charge < -0.3 is 0 Å². The Hall–Kier alpha value is -2.49. The third kappa shape index (κ3) is 2.20.